The molecule has 0 aliphatic heterocycles. The van der Waals surface area contributed by atoms with Crippen molar-refractivity contribution in [3.8, 4) is 0 Å². The van der Waals surface area contributed by atoms with Crippen molar-refractivity contribution in [3.05, 3.63) is 0 Å². The first-order valence-corrected chi connectivity index (χ1v) is 21.8. The predicted octanol–water partition coefficient (Wildman–Crippen LogP) is -3.64. The summed E-state index contributed by atoms with van der Waals surface area (Å²) < 4.78 is 0. The molecule has 0 bridgehead atoms. The number of amides is 9. The molecule has 15 N–H and O–H groups in total. The smallest absolute Gasteiger partial charge is 0.305 e. The monoisotopic (exact) mass is 932 g/mol. The first-order chi connectivity index (χ1) is 29.5. The van der Waals surface area contributed by atoms with Crippen LogP contribution in [0.3, 0.4) is 0 Å². The number of primary amides is 1. The minimum absolute atomic E-state index is 0.00661. The highest BCUT2D eigenvalue weighted by atomic mass is 32.2. The Balaban J connectivity index is 6.40. The van der Waals surface area contributed by atoms with Gasteiger partial charge in [0.1, 0.15) is 42.3 Å². The van der Waals surface area contributed by atoms with Crippen molar-refractivity contribution in [2.45, 2.75) is 143 Å². The van der Waals surface area contributed by atoms with Crippen molar-refractivity contribution < 1.29 is 68.1 Å². The lowest BCUT2D eigenvalue weighted by Gasteiger charge is -2.31. The number of carboxylic acid groups (broad SMARTS) is 2. The molecule has 25 heteroatoms. The zero-order chi connectivity index (χ0) is 49.8. The summed E-state index contributed by atoms with van der Waals surface area (Å²) in [6, 6.07) is -11.3. The van der Waals surface area contributed by atoms with E-state index in [1.54, 1.807) is 55.4 Å². The van der Waals surface area contributed by atoms with Crippen LogP contribution in [-0.4, -0.2) is 146 Å². The molecule has 0 aromatic rings. The number of nitrogens with one attached hydrogen (secondary N) is 8. The summed E-state index contributed by atoms with van der Waals surface area (Å²) in [7, 11) is 0. The van der Waals surface area contributed by atoms with Crippen LogP contribution >= 0.6 is 11.8 Å². The van der Waals surface area contributed by atoms with Gasteiger partial charge < -0.3 is 69.3 Å². The largest absolute Gasteiger partial charge is 0.481 e. The molecule has 9 amide bonds. The molecule has 0 rings (SSSR count). The fourth-order valence-electron chi connectivity index (χ4n) is 5.63. The van der Waals surface area contributed by atoms with E-state index in [0.717, 1.165) is 11.8 Å². The molecule has 0 unspecified atom stereocenters. The molecule has 0 aliphatic carbocycles. The Bertz CT molecular complexity index is 1680. The molecule has 0 heterocycles. The van der Waals surface area contributed by atoms with Gasteiger partial charge in [0.15, 0.2) is 0 Å². The van der Waals surface area contributed by atoms with Gasteiger partial charge in [0.05, 0.1) is 24.4 Å². The SMILES string of the molecule is CC(=O)NCSC[C@H](NC(=O)[C@@H](NC(=O)[C@@H](NC(=O)[C@@H](N)CCC(=O)O)C(C)C)[C@@H](C)O)C(=O)N[C@H](C(=O)N[C@H](C(=O)N[C@H](C(=O)N[C@@H](CC(=O)O)C(N)=O)C(C)C)C(C)C)C(C)C. The van der Waals surface area contributed by atoms with E-state index in [-0.39, 0.29) is 18.1 Å². The van der Waals surface area contributed by atoms with Crippen LogP contribution in [0.4, 0.5) is 0 Å². The fraction of sp³-hybridized carbons (Fsp3) is 0.718. The highest BCUT2D eigenvalue weighted by Gasteiger charge is 2.37. The van der Waals surface area contributed by atoms with Crippen LogP contribution in [0.15, 0.2) is 0 Å². The fourth-order valence-corrected chi connectivity index (χ4v) is 6.52. The van der Waals surface area contributed by atoms with E-state index in [0.29, 0.717) is 0 Å². The third kappa shape index (κ3) is 21.2. The van der Waals surface area contributed by atoms with Crippen molar-refractivity contribution in [1.29, 1.82) is 0 Å². The average molecular weight is 933 g/mol. The van der Waals surface area contributed by atoms with Crippen molar-refractivity contribution in [1.82, 2.24) is 42.5 Å². The standard InChI is InChI=1S/C39H68N10O14S/c1-16(2)27(35(59)43-23(32(41)56)13-26(54)55)47-37(61)30(19(7)8)48-36(60)29(18(5)6)46-34(58)24(14-64-15-42-21(10)51)44-39(63)31(20(9)50)49-38(62)28(17(3)4)45-33(57)22(40)11-12-25(52)53/h16-20,22-24,27-31,50H,11-15,40H2,1-10H3,(H2,41,56)(H,42,51)(H,43,59)(H,44,63)(H,45,57)(H,46,58)(H,47,61)(H,48,60)(H,49,62)(H,52,53)(H,54,55)/t20-,22+,23+,24+,27+,28+,29+,30+,31+/m1/s1. The summed E-state index contributed by atoms with van der Waals surface area (Å²) in [6.45, 7) is 15.1. The number of hydrogen-bond donors (Lipinski definition) is 13. The van der Waals surface area contributed by atoms with E-state index in [1.165, 1.54) is 13.8 Å². The molecule has 0 saturated heterocycles. The number of aliphatic carboxylic acids is 2. The molecule has 0 radical (unpaired) electrons. The highest BCUT2D eigenvalue weighted by molar-refractivity contribution is 7.99. The number of nitrogens with two attached hydrogens (primary N) is 2. The minimum atomic E-state index is -1.70. The number of carboxylic acids is 2. The molecular weight excluding hydrogens is 865 g/mol. The molecule has 0 aromatic carbocycles. The van der Waals surface area contributed by atoms with Crippen molar-refractivity contribution in [3.63, 3.8) is 0 Å². The zero-order valence-corrected chi connectivity index (χ0v) is 38.8. The summed E-state index contributed by atoms with van der Waals surface area (Å²) in [5.74, 6) is -13.0. The van der Waals surface area contributed by atoms with Crippen molar-refractivity contribution >= 4 is 76.9 Å². The summed E-state index contributed by atoms with van der Waals surface area (Å²) >= 11 is 1.00. The molecule has 0 spiro atoms. The molecule has 9 atom stereocenters. The third-order valence-electron chi connectivity index (χ3n) is 9.44. The van der Waals surface area contributed by atoms with Crippen LogP contribution in [0.5, 0.6) is 0 Å². The lowest BCUT2D eigenvalue weighted by Crippen LogP contribution is -2.63. The first kappa shape index (κ1) is 58.4. The Morgan fingerprint density at radius 2 is 0.875 bits per heavy atom. The second-order valence-corrected chi connectivity index (χ2v) is 17.6. The predicted molar refractivity (Wildman–Crippen MR) is 232 cm³/mol. The van der Waals surface area contributed by atoms with Crippen molar-refractivity contribution in [2.24, 2.45) is 35.1 Å². The van der Waals surface area contributed by atoms with Crippen LogP contribution in [0, 0.1) is 23.7 Å². The lowest BCUT2D eigenvalue weighted by molar-refractivity contribution is -0.141. The molecule has 0 saturated carbocycles. The maximum Gasteiger partial charge on any atom is 0.305 e. The van der Waals surface area contributed by atoms with Crippen LogP contribution < -0.4 is 54.0 Å². The van der Waals surface area contributed by atoms with Gasteiger partial charge in [-0.3, -0.25) is 52.7 Å². The number of rotatable bonds is 29. The number of carbonyl (C=O) groups excluding carboxylic acids is 9. The van der Waals surface area contributed by atoms with E-state index in [2.05, 4.69) is 42.5 Å². The van der Waals surface area contributed by atoms with Gasteiger partial charge in [-0.2, -0.15) is 0 Å². The molecule has 64 heavy (non-hydrogen) atoms. The van der Waals surface area contributed by atoms with E-state index in [4.69, 9.17) is 21.7 Å². The quantitative estimate of drug-likeness (QED) is 0.0254. The topological polar surface area (TPSA) is 397 Å². The molecule has 0 aliphatic rings. The van der Waals surface area contributed by atoms with Gasteiger partial charge in [0.2, 0.25) is 53.2 Å². The maximum atomic E-state index is 13.9. The van der Waals surface area contributed by atoms with Crippen LogP contribution in [0.25, 0.3) is 0 Å². The van der Waals surface area contributed by atoms with Crippen molar-refractivity contribution in [2.75, 3.05) is 11.6 Å². The molecular formula is C39H68N10O14S. The molecule has 24 nitrogen and oxygen atoms in total. The van der Waals surface area contributed by atoms with Gasteiger partial charge in [0, 0.05) is 19.1 Å². The molecule has 0 aromatic heterocycles. The van der Waals surface area contributed by atoms with E-state index in [9.17, 15) is 57.8 Å². The second-order valence-electron chi connectivity index (χ2n) is 16.6. The minimum Gasteiger partial charge on any atom is -0.481 e. The summed E-state index contributed by atoms with van der Waals surface area (Å²) in [5.41, 5.74) is 11.0. The summed E-state index contributed by atoms with van der Waals surface area (Å²) in [4.78, 5) is 140. The Labute approximate surface area is 376 Å². The van der Waals surface area contributed by atoms with Gasteiger partial charge in [-0.15, -0.1) is 11.8 Å². The highest BCUT2D eigenvalue weighted by Crippen LogP contribution is 2.12. The van der Waals surface area contributed by atoms with Gasteiger partial charge in [-0.1, -0.05) is 55.4 Å². The maximum absolute atomic E-state index is 13.9. The Kier molecular flexibility index (Phi) is 25.8. The van der Waals surface area contributed by atoms with Gasteiger partial charge in [-0.25, -0.2) is 0 Å². The molecule has 0 fully saturated rings. The Morgan fingerprint density at radius 1 is 0.516 bits per heavy atom. The molecule has 364 valence electrons. The van der Waals surface area contributed by atoms with E-state index >= 15 is 0 Å². The number of hydrogen-bond acceptors (Lipinski definition) is 14. The first-order valence-electron chi connectivity index (χ1n) is 20.6. The zero-order valence-electron chi connectivity index (χ0n) is 37.9. The van der Waals surface area contributed by atoms with Gasteiger partial charge >= 0.3 is 11.9 Å². The Hall–Kier alpha value is -5.56. The van der Waals surface area contributed by atoms with Crippen LogP contribution in [-0.2, 0) is 52.7 Å². The second kappa shape index (κ2) is 28.3. The number of aliphatic hydroxyl groups is 1. The number of thioether (sulfide) groups is 1. The third-order valence-corrected chi connectivity index (χ3v) is 10.4. The van der Waals surface area contributed by atoms with Crippen LogP contribution in [0.2, 0.25) is 0 Å². The number of carbonyl (C=O) groups is 11. The van der Waals surface area contributed by atoms with Gasteiger partial charge in [0.25, 0.3) is 0 Å². The Morgan fingerprint density at radius 3 is 1.23 bits per heavy atom. The van der Waals surface area contributed by atoms with Crippen LogP contribution in [0.1, 0.15) is 88.5 Å². The normalized spacial score (nSPS) is 15.5. The van der Waals surface area contributed by atoms with Gasteiger partial charge in [-0.05, 0) is 37.0 Å². The lowest BCUT2D eigenvalue weighted by atomic mass is 9.97. The average Bonchev–Trinajstić information content (AvgIpc) is 3.17. The number of aliphatic hydroxyl groups excluding tert-OH is 1. The summed E-state index contributed by atoms with van der Waals surface area (Å²) in [5, 5.41) is 48.3. The van der Waals surface area contributed by atoms with E-state index < -0.39 is 156 Å². The van der Waals surface area contributed by atoms with E-state index in [1.807, 2.05) is 0 Å². The summed E-state index contributed by atoms with van der Waals surface area (Å²) in [6.07, 6.45) is -3.00.